The molecule has 0 atom stereocenters. The van der Waals surface area contributed by atoms with Gasteiger partial charge in [-0.25, -0.2) is 0 Å². The lowest BCUT2D eigenvalue weighted by Gasteiger charge is -2.26. The molecule has 0 aromatic heterocycles. The lowest BCUT2D eigenvalue weighted by atomic mass is 10.1. The van der Waals surface area contributed by atoms with Gasteiger partial charge in [-0.1, -0.05) is 30.7 Å². The van der Waals surface area contributed by atoms with Crippen LogP contribution >= 0.6 is 24.0 Å². The molecule has 1 saturated heterocycles. The van der Waals surface area contributed by atoms with Crippen LogP contribution in [0.15, 0.2) is 29.3 Å². The van der Waals surface area contributed by atoms with Crippen LogP contribution in [0.4, 0.5) is 0 Å². The summed E-state index contributed by atoms with van der Waals surface area (Å²) in [5, 5.41) is 6.65. The number of aliphatic imine (C=N–C) groups is 1. The molecule has 1 aromatic rings. The summed E-state index contributed by atoms with van der Waals surface area (Å²) < 4.78 is 0. The van der Waals surface area contributed by atoms with Crippen LogP contribution in [0.5, 0.6) is 0 Å². The lowest BCUT2D eigenvalue weighted by molar-refractivity contribution is 0.221. The Labute approximate surface area is 150 Å². The van der Waals surface area contributed by atoms with Gasteiger partial charge < -0.3 is 10.6 Å². The molecule has 2 aliphatic heterocycles. The molecule has 5 heteroatoms. The number of piperidine rings is 1. The summed E-state index contributed by atoms with van der Waals surface area (Å²) in [6, 6.07) is 8.99. The van der Waals surface area contributed by atoms with Gasteiger partial charge in [-0.05, 0) is 43.5 Å². The van der Waals surface area contributed by atoms with Crippen molar-refractivity contribution in [3.63, 3.8) is 0 Å². The summed E-state index contributed by atoms with van der Waals surface area (Å²) >= 11 is 0. The molecular formula is C17H27IN4. The molecule has 0 spiro atoms. The Morgan fingerprint density at radius 1 is 1.00 bits per heavy atom. The van der Waals surface area contributed by atoms with Gasteiger partial charge in [0.25, 0.3) is 0 Å². The Hall–Kier alpha value is -0.820. The number of hydrogen-bond acceptors (Lipinski definition) is 4. The first-order valence-corrected chi connectivity index (χ1v) is 8.22. The molecule has 0 amide bonds. The fourth-order valence-corrected chi connectivity index (χ4v) is 2.98. The van der Waals surface area contributed by atoms with Crippen molar-refractivity contribution in [2.24, 2.45) is 4.99 Å². The first-order valence-electron chi connectivity index (χ1n) is 8.22. The molecule has 2 N–H and O–H groups in total. The monoisotopic (exact) mass is 414 g/mol. The molecule has 0 saturated carbocycles. The third-order valence-corrected chi connectivity index (χ3v) is 4.24. The van der Waals surface area contributed by atoms with E-state index in [4.69, 9.17) is 0 Å². The Morgan fingerprint density at radius 2 is 1.73 bits per heavy atom. The molecule has 22 heavy (non-hydrogen) atoms. The summed E-state index contributed by atoms with van der Waals surface area (Å²) in [4.78, 5) is 6.99. The van der Waals surface area contributed by atoms with E-state index < -0.39 is 0 Å². The van der Waals surface area contributed by atoms with E-state index >= 15 is 0 Å². The van der Waals surface area contributed by atoms with Gasteiger partial charge in [-0.3, -0.25) is 9.89 Å². The third kappa shape index (κ3) is 5.43. The third-order valence-electron chi connectivity index (χ3n) is 4.24. The second-order valence-electron chi connectivity index (χ2n) is 6.02. The summed E-state index contributed by atoms with van der Waals surface area (Å²) in [5.41, 5.74) is 2.74. The normalized spacial score (nSPS) is 18.8. The highest BCUT2D eigenvalue weighted by Gasteiger charge is 2.10. The fourth-order valence-electron chi connectivity index (χ4n) is 2.98. The van der Waals surface area contributed by atoms with Crippen molar-refractivity contribution in [3.8, 4) is 0 Å². The van der Waals surface area contributed by atoms with E-state index in [0.717, 1.165) is 38.6 Å². The number of benzene rings is 1. The van der Waals surface area contributed by atoms with Crippen LogP contribution in [0.25, 0.3) is 0 Å². The molecule has 4 nitrogen and oxygen atoms in total. The Kier molecular flexibility index (Phi) is 7.45. The largest absolute Gasteiger partial charge is 0.356 e. The predicted octanol–water partition coefficient (Wildman–Crippen LogP) is 2.73. The molecule has 0 radical (unpaired) electrons. The van der Waals surface area contributed by atoms with Crippen molar-refractivity contribution in [3.05, 3.63) is 35.4 Å². The van der Waals surface area contributed by atoms with Crippen LogP contribution in [-0.2, 0) is 13.1 Å². The van der Waals surface area contributed by atoms with E-state index in [1.165, 1.54) is 43.5 Å². The molecule has 1 fully saturated rings. The molecule has 3 rings (SSSR count). The quantitative estimate of drug-likeness (QED) is 0.745. The van der Waals surface area contributed by atoms with Gasteiger partial charge >= 0.3 is 0 Å². The summed E-state index contributed by atoms with van der Waals surface area (Å²) in [7, 11) is 0. The minimum atomic E-state index is 0. The van der Waals surface area contributed by atoms with Crippen molar-refractivity contribution in [1.82, 2.24) is 15.5 Å². The molecule has 2 aliphatic rings. The molecule has 0 bridgehead atoms. The van der Waals surface area contributed by atoms with E-state index in [1.54, 1.807) is 0 Å². The highest BCUT2D eigenvalue weighted by atomic mass is 127. The molecule has 2 heterocycles. The van der Waals surface area contributed by atoms with Gasteiger partial charge in [-0.2, -0.15) is 0 Å². The van der Waals surface area contributed by atoms with Crippen LogP contribution in [-0.4, -0.2) is 37.0 Å². The van der Waals surface area contributed by atoms with E-state index in [-0.39, 0.29) is 24.0 Å². The van der Waals surface area contributed by atoms with Gasteiger partial charge in [0.15, 0.2) is 5.96 Å². The number of rotatable bonds is 4. The van der Waals surface area contributed by atoms with E-state index in [2.05, 4.69) is 44.8 Å². The number of hydrogen-bond donors (Lipinski definition) is 2. The van der Waals surface area contributed by atoms with Crippen LogP contribution in [0, 0.1) is 0 Å². The topological polar surface area (TPSA) is 39.7 Å². The van der Waals surface area contributed by atoms with E-state index in [9.17, 15) is 0 Å². The highest BCUT2D eigenvalue weighted by molar-refractivity contribution is 14.0. The molecular weight excluding hydrogens is 387 g/mol. The summed E-state index contributed by atoms with van der Waals surface area (Å²) in [6.07, 6.45) is 5.25. The molecule has 0 aliphatic carbocycles. The average molecular weight is 414 g/mol. The second kappa shape index (κ2) is 9.35. The maximum atomic E-state index is 4.43. The zero-order valence-corrected chi connectivity index (χ0v) is 15.5. The van der Waals surface area contributed by atoms with Crippen molar-refractivity contribution < 1.29 is 0 Å². The van der Waals surface area contributed by atoms with Crippen molar-refractivity contribution in [2.45, 2.75) is 38.8 Å². The fraction of sp³-hybridized carbons (Fsp3) is 0.588. The first kappa shape index (κ1) is 17.5. The van der Waals surface area contributed by atoms with E-state index in [1.807, 2.05) is 0 Å². The molecule has 1 aromatic carbocycles. The summed E-state index contributed by atoms with van der Waals surface area (Å²) in [6.45, 7) is 6.42. The number of nitrogens with one attached hydrogen (secondary N) is 2. The standard InChI is InChI=1S/C17H26N4.HI/c1-2-11-21(12-3-1)14-16-7-5-15(6-8-16)13-20-17-18-9-4-10-19-17;/h5-8H,1-4,9-14H2,(H2,18,19,20);1H. The minimum Gasteiger partial charge on any atom is -0.356 e. The number of likely N-dealkylation sites (tertiary alicyclic amines) is 1. The number of guanidine groups is 1. The molecule has 122 valence electrons. The second-order valence-corrected chi connectivity index (χ2v) is 6.02. The Balaban J connectivity index is 0.00000176. The Bertz CT molecular complexity index is 466. The zero-order chi connectivity index (χ0) is 14.3. The van der Waals surface area contributed by atoms with Gasteiger partial charge in [-0.15, -0.1) is 24.0 Å². The van der Waals surface area contributed by atoms with Crippen LogP contribution in [0.3, 0.4) is 0 Å². The van der Waals surface area contributed by atoms with Crippen molar-refractivity contribution in [1.29, 1.82) is 0 Å². The first-order chi connectivity index (χ1) is 10.4. The lowest BCUT2D eigenvalue weighted by Crippen LogP contribution is -2.40. The van der Waals surface area contributed by atoms with Gasteiger partial charge in [0.2, 0.25) is 0 Å². The maximum absolute atomic E-state index is 4.43. The van der Waals surface area contributed by atoms with E-state index in [0.29, 0.717) is 0 Å². The molecule has 0 unspecified atom stereocenters. The van der Waals surface area contributed by atoms with Gasteiger partial charge in [0.05, 0.1) is 0 Å². The number of halogens is 1. The van der Waals surface area contributed by atoms with Crippen LogP contribution < -0.4 is 10.6 Å². The SMILES string of the molecule is I.c1cc(CN2CCCCC2)ccc1CNC1=NCCCN1. The number of nitrogens with zero attached hydrogens (tertiary/aromatic N) is 2. The zero-order valence-electron chi connectivity index (χ0n) is 13.2. The predicted molar refractivity (Wildman–Crippen MR) is 103 cm³/mol. The minimum absolute atomic E-state index is 0. The van der Waals surface area contributed by atoms with Crippen LogP contribution in [0.2, 0.25) is 0 Å². The summed E-state index contributed by atoms with van der Waals surface area (Å²) in [5.74, 6) is 0.943. The van der Waals surface area contributed by atoms with Gasteiger partial charge in [0, 0.05) is 26.2 Å². The maximum Gasteiger partial charge on any atom is 0.191 e. The Morgan fingerprint density at radius 3 is 2.41 bits per heavy atom. The van der Waals surface area contributed by atoms with Crippen molar-refractivity contribution >= 4 is 29.9 Å². The van der Waals surface area contributed by atoms with Crippen molar-refractivity contribution in [2.75, 3.05) is 26.2 Å². The average Bonchev–Trinajstić information content (AvgIpc) is 2.56. The van der Waals surface area contributed by atoms with Gasteiger partial charge in [0.1, 0.15) is 0 Å². The smallest absolute Gasteiger partial charge is 0.191 e. The highest BCUT2D eigenvalue weighted by Crippen LogP contribution is 2.13. The van der Waals surface area contributed by atoms with Crippen LogP contribution in [0.1, 0.15) is 36.8 Å².